The second-order valence-corrected chi connectivity index (χ2v) is 11.5. The van der Waals surface area contributed by atoms with Gasteiger partial charge in [0.1, 0.15) is 12.4 Å². The van der Waals surface area contributed by atoms with Crippen molar-refractivity contribution in [2.75, 3.05) is 13.1 Å². The van der Waals surface area contributed by atoms with Gasteiger partial charge in [-0.25, -0.2) is 13.8 Å². The number of rotatable bonds is 12. The second-order valence-electron chi connectivity index (χ2n) is 8.66. The average Bonchev–Trinajstić information content (AvgIpc) is 2.96. The van der Waals surface area contributed by atoms with Gasteiger partial charge in [-0.2, -0.15) is 9.41 Å². The molecule has 9 heteroatoms. The molecule has 4 rings (SSSR count). The van der Waals surface area contributed by atoms with Gasteiger partial charge in [0, 0.05) is 11.0 Å². The number of amides is 1. The number of benzene rings is 4. The Bertz CT molecular complexity index is 1480. The molecule has 39 heavy (non-hydrogen) atoms. The Kier molecular flexibility index (Phi) is 10.0. The minimum absolute atomic E-state index is 0.115. The van der Waals surface area contributed by atoms with Gasteiger partial charge in [-0.1, -0.05) is 76.6 Å². The van der Waals surface area contributed by atoms with Crippen LogP contribution in [-0.2, 0) is 27.8 Å². The predicted molar refractivity (Wildman–Crippen MR) is 156 cm³/mol. The molecule has 7 nitrogen and oxygen atoms in total. The number of halogens is 1. The Labute approximate surface area is 237 Å². The van der Waals surface area contributed by atoms with Crippen LogP contribution in [0.5, 0.6) is 5.75 Å². The van der Waals surface area contributed by atoms with Gasteiger partial charge in [0.2, 0.25) is 10.0 Å². The lowest BCUT2D eigenvalue weighted by Crippen LogP contribution is -2.40. The van der Waals surface area contributed by atoms with E-state index >= 15 is 0 Å². The highest BCUT2D eigenvalue weighted by Gasteiger charge is 2.26. The predicted octanol–water partition coefficient (Wildman–Crippen LogP) is 5.41. The molecule has 0 unspecified atom stereocenters. The van der Waals surface area contributed by atoms with E-state index in [1.165, 1.54) is 22.7 Å². The first-order valence-corrected chi connectivity index (χ1v) is 14.5. The molecule has 0 atom stereocenters. The molecule has 1 amide bonds. The van der Waals surface area contributed by atoms with E-state index in [9.17, 15) is 13.2 Å². The summed E-state index contributed by atoms with van der Waals surface area (Å²) in [6.07, 6.45) is 1.96. The molecule has 0 aromatic heterocycles. The molecule has 4 aromatic carbocycles. The van der Waals surface area contributed by atoms with Crippen LogP contribution in [0.2, 0.25) is 0 Å². The van der Waals surface area contributed by atoms with Crippen LogP contribution in [0.3, 0.4) is 0 Å². The molecule has 0 saturated heterocycles. The second kappa shape index (κ2) is 13.8. The fourth-order valence-electron chi connectivity index (χ4n) is 3.70. The van der Waals surface area contributed by atoms with E-state index in [1.807, 2.05) is 84.9 Å². The maximum atomic E-state index is 13.4. The van der Waals surface area contributed by atoms with E-state index in [-0.39, 0.29) is 18.0 Å². The highest BCUT2D eigenvalue weighted by molar-refractivity contribution is 9.10. The first kappa shape index (κ1) is 28.2. The van der Waals surface area contributed by atoms with Gasteiger partial charge >= 0.3 is 0 Å². The van der Waals surface area contributed by atoms with Crippen LogP contribution in [0, 0.1) is 0 Å². The first-order chi connectivity index (χ1) is 18.9. The highest BCUT2D eigenvalue weighted by Crippen LogP contribution is 2.19. The summed E-state index contributed by atoms with van der Waals surface area (Å²) in [4.78, 5) is 12.8. The topological polar surface area (TPSA) is 88.1 Å². The van der Waals surface area contributed by atoms with Crippen LogP contribution in [-0.4, -0.2) is 37.9 Å². The first-order valence-electron chi connectivity index (χ1n) is 12.3. The molecule has 4 aromatic rings. The van der Waals surface area contributed by atoms with Gasteiger partial charge in [0.15, 0.2) is 0 Å². The summed E-state index contributed by atoms with van der Waals surface area (Å²) in [7, 11) is -3.90. The zero-order valence-corrected chi connectivity index (χ0v) is 23.5. The number of carbonyl (C=O) groups excluding carboxylic acids is 1. The number of nitrogens with zero attached hydrogens (tertiary/aromatic N) is 2. The highest BCUT2D eigenvalue weighted by atomic mass is 79.9. The minimum atomic E-state index is -3.90. The summed E-state index contributed by atoms with van der Waals surface area (Å²) in [5.74, 6) is 0.176. The van der Waals surface area contributed by atoms with Crippen molar-refractivity contribution in [3.8, 4) is 5.75 Å². The summed E-state index contributed by atoms with van der Waals surface area (Å²) >= 11 is 3.32. The van der Waals surface area contributed by atoms with E-state index in [0.717, 1.165) is 21.2 Å². The quantitative estimate of drug-likeness (QED) is 0.173. The molecule has 0 saturated carbocycles. The van der Waals surface area contributed by atoms with Gasteiger partial charge in [0.25, 0.3) is 5.91 Å². The Morgan fingerprint density at radius 1 is 0.846 bits per heavy atom. The lowest BCUT2D eigenvalue weighted by atomic mass is 10.1. The largest absolute Gasteiger partial charge is 0.489 e. The number of hydrazone groups is 1. The number of ether oxygens (including phenoxy) is 1. The van der Waals surface area contributed by atoms with E-state index in [1.54, 1.807) is 12.1 Å². The number of carbonyl (C=O) groups is 1. The standard InChI is InChI=1S/C30H28BrN3O4S/c31-27-13-17-29(18-14-27)39(36,37)34(20-19-24-7-3-1-4-8-24)22-30(35)33-32-21-25-11-15-28(16-12-25)38-23-26-9-5-2-6-10-26/h1-18,21H,19-20,22-23H2,(H,33,35)/b32-21-. The number of nitrogens with one attached hydrogen (secondary N) is 1. The van der Waals surface area contributed by atoms with Crippen LogP contribution in [0.1, 0.15) is 16.7 Å². The molecule has 200 valence electrons. The molecule has 0 aliphatic heterocycles. The smallest absolute Gasteiger partial charge is 0.255 e. The summed E-state index contributed by atoms with van der Waals surface area (Å²) in [5.41, 5.74) is 5.24. The Hall–Kier alpha value is -3.79. The maximum Gasteiger partial charge on any atom is 0.255 e. The zero-order valence-electron chi connectivity index (χ0n) is 21.1. The maximum absolute atomic E-state index is 13.4. The molecule has 0 radical (unpaired) electrons. The van der Waals surface area contributed by atoms with E-state index in [2.05, 4.69) is 26.5 Å². The van der Waals surface area contributed by atoms with E-state index in [0.29, 0.717) is 18.8 Å². The number of hydrogen-bond donors (Lipinski definition) is 1. The van der Waals surface area contributed by atoms with Crippen molar-refractivity contribution in [1.29, 1.82) is 0 Å². The third kappa shape index (κ3) is 8.61. The van der Waals surface area contributed by atoms with Crippen molar-refractivity contribution in [3.05, 3.63) is 130 Å². The van der Waals surface area contributed by atoms with Crippen molar-refractivity contribution in [1.82, 2.24) is 9.73 Å². The monoisotopic (exact) mass is 605 g/mol. The zero-order chi connectivity index (χ0) is 27.5. The minimum Gasteiger partial charge on any atom is -0.489 e. The Morgan fingerprint density at radius 3 is 2.10 bits per heavy atom. The third-order valence-corrected chi connectivity index (χ3v) is 8.18. The fourth-order valence-corrected chi connectivity index (χ4v) is 5.37. The lowest BCUT2D eigenvalue weighted by Gasteiger charge is -2.21. The van der Waals surface area contributed by atoms with Gasteiger partial charge < -0.3 is 4.74 Å². The lowest BCUT2D eigenvalue weighted by molar-refractivity contribution is -0.121. The molecule has 0 bridgehead atoms. The van der Waals surface area contributed by atoms with E-state index in [4.69, 9.17) is 4.74 Å². The van der Waals surface area contributed by atoms with Crippen LogP contribution < -0.4 is 10.2 Å². The summed E-state index contributed by atoms with van der Waals surface area (Å²) < 4.78 is 34.4. The number of hydrogen-bond acceptors (Lipinski definition) is 5. The molecular weight excluding hydrogens is 578 g/mol. The van der Waals surface area contributed by atoms with Crippen LogP contribution in [0.25, 0.3) is 0 Å². The SMILES string of the molecule is O=C(CN(CCc1ccccc1)S(=O)(=O)c1ccc(Br)cc1)N/N=C\c1ccc(OCc2ccccc2)cc1. The fraction of sp³-hybridized carbons (Fsp3) is 0.133. The number of sulfonamides is 1. The summed E-state index contributed by atoms with van der Waals surface area (Å²) in [6.45, 7) is 0.243. The van der Waals surface area contributed by atoms with Crippen LogP contribution in [0.15, 0.2) is 124 Å². The molecular formula is C30H28BrN3O4S. The average molecular weight is 607 g/mol. The van der Waals surface area contributed by atoms with Crippen LogP contribution >= 0.6 is 15.9 Å². The van der Waals surface area contributed by atoms with Gasteiger partial charge in [-0.15, -0.1) is 0 Å². The Morgan fingerprint density at radius 2 is 1.46 bits per heavy atom. The normalized spacial score (nSPS) is 11.5. The van der Waals surface area contributed by atoms with Gasteiger partial charge in [-0.05, 0) is 71.6 Å². The molecule has 0 heterocycles. The van der Waals surface area contributed by atoms with Crippen molar-refractivity contribution in [2.45, 2.75) is 17.9 Å². The molecule has 0 aliphatic carbocycles. The summed E-state index contributed by atoms with van der Waals surface area (Å²) in [6, 6.07) is 33.0. The molecule has 1 N–H and O–H groups in total. The van der Waals surface area contributed by atoms with Crippen LogP contribution in [0.4, 0.5) is 0 Å². The van der Waals surface area contributed by atoms with Crippen molar-refractivity contribution in [3.63, 3.8) is 0 Å². The summed E-state index contributed by atoms with van der Waals surface area (Å²) in [5, 5.41) is 4.01. The molecule has 0 fully saturated rings. The van der Waals surface area contributed by atoms with Gasteiger partial charge in [0.05, 0.1) is 17.7 Å². The van der Waals surface area contributed by atoms with Crippen molar-refractivity contribution in [2.24, 2.45) is 5.10 Å². The van der Waals surface area contributed by atoms with Crippen molar-refractivity contribution < 1.29 is 17.9 Å². The van der Waals surface area contributed by atoms with Gasteiger partial charge in [-0.3, -0.25) is 4.79 Å². The molecule has 0 aliphatic rings. The third-order valence-electron chi connectivity index (χ3n) is 5.80. The van der Waals surface area contributed by atoms with Crippen molar-refractivity contribution >= 4 is 38.1 Å². The molecule has 0 spiro atoms. The Balaban J connectivity index is 1.36. The van der Waals surface area contributed by atoms with E-state index < -0.39 is 15.9 Å².